The van der Waals surface area contributed by atoms with E-state index in [9.17, 15) is 9.13 Å². The highest BCUT2D eigenvalue weighted by Crippen LogP contribution is 2.50. The fourth-order valence-electron chi connectivity index (χ4n) is 5.04. The molecule has 0 fully saturated rings. The molecule has 6 unspecified atom stereocenters. The molecule has 23 heteroatoms. The SMILES string of the molecule is [B]C(COCC=C)OC(/C=C/P(=O)(OC)OC)COP(OCCC#N)N(C(C)C)C(C)C.[B]C(COP(OCCC)N(C(C)C)C(C)C)OC(/C=C/P(=O)(OC)OC)COCC=C. The summed E-state index contributed by atoms with van der Waals surface area (Å²) in [6.07, 6.45) is 6.21. The molecule has 17 nitrogen and oxygen atoms in total. The van der Waals surface area contributed by atoms with Gasteiger partial charge in [0.1, 0.15) is 15.7 Å². The van der Waals surface area contributed by atoms with Crippen molar-refractivity contribution in [3.8, 4) is 6.07 Å². The van der Waals surface area contributed by atoms with Crippen LogP contribution in [0.3, 0.4) is 0 Å². The second-order valence-electron chi connectivity index (χ2n) is 14.3. The van der Waals surface area contributed by atoms with Crippen molar-refractivity contribution >= 4 is 47.9 Å². The first-order valence-electron chi connectivity index (χ1n) is 20.8. The third kappa shape index (κ3) is 30.4. The second-order valence-corrected chi connectivity index (χ2v) is 21.5. The molecule has 0 spiro atoms. The van der Waals surface area contributed by atoms with Crippen molar-refractivity contribution in [3.05, 3.63) is 49.1 Å². The van der Waals surface area contributed by atoms with Gasteiger partial charge >= 0.3 is 15.2 Å². The molecule has 0 aromatic heterocycles. The van der Waals surface area contributed by atoms with Crippen LogP contribution in [0.5, 0.6) is 0 Å². The van der Waals surface area contributed by atoms with Crippen LogP contribution in [-0.4, -0.2) is 155 Å². The lowest BCUT2D eigenvalue weighted by Gasteiger charge is -2.36. The van der Waals surface area contributed by atoms with Gasteiger partial charge in [0.2, 0.25) is 0 Å². The third-order valence-electron chi connectivity index (χ3n) is 7.73. The summed E-state index contributed by atoms with van der Waals surface area (Å²) in [7, 11) is 7.88. The van der Waals surface area contributed by atoms with Gasteiger partial charge in [-0.25, -0.2) is 9.34 Å². The Hall–Kier alpha value is -0.660. The fraction of sp³-hybridized carbons (Fsp3) is 0.775. The average molecular weight is 970 g/mol. The lowest BCUT2D eigenvalue weighted by Crippen LogP contribution is -2.35. The van der Waals surface area contributed by atoms with Crippen LogP contribution < -0.4 is 0 Å². The van der Waals surface area contributed by atoms with Gasteiger partial charge < -0.3 is 55.1 Å². The van der Waals surface area contributed by atoms with Crippen molar-refractivity contribution < 1.29 is 64.3 Å². The number of ether oxygens (including phenoxy) is 4. The van der Waals surface area contributed by atoms with Crippen LogP contribution >= 0.6 is 32.2 Å². The van der Waals surface area contributed by atoms with E-state index in [1.54, 1.807) is 18.2 Å². The van der Waals surface area contributed by atoms with Gasteiger partial charge in [-0.1, -0.05) is 19.1 Å². The molecule has 0 aromatic carbocycles. The topological polar surface area (TPSA) is 175 Å². The molecule has 0 bridgehead atoms. The summed E-state index contributed by atoms with van der Waals surface area (Å²) in [5, 5.41) is 8.85. The number of rotatable bonds is 38. The molecule has 0 saturated heterocycles. The highest BCUT2D eigenvalue weighted by molar-refractivity contribution is 7.57. The predicted molar refractivity (Wildman–Crippen MR) is 255 cm³/mol. The quantitative estimate of drug-likeness (QED) is 0.0248. The molecule has 0 amide bonds. The van der Waals surface area contributed by atoms with Crippen molar-refractivity contribution in [2.24, 2.45) is 0 Å². The maximum absolute atomic E-state index is 12.4. The van der Waals surface area contributed by atoms with E-state index in [2.05, 4.69) is 63.2 Å². The molecule has 0 aliphatic rings. The van der Waals surface area contributed by atoms with Crippen LogP contribution in [0, 0.1) is 11.3 Å². The number of nitriles is 1. The van der Waals surface area contributed by atoms with Gasteiger partial charge in [-0.15, -0.1) is 13.2 Å². The molecule has 362 valence electrons. The van der Waals surface area contributed by atoms with E-state index in [0.717, 1.165) is 6.42 Å². The summed E-state index contributed by atoms with van der Waals surface area (Å²) in [5.74, 6) is 2.64. The van der Waals surface area contributed by atoms with Crippen LogP contribution in [0.15, 0.2) is 49.1 Å². The maximum atomic E-state index is 12.4. The Morgan fingerprint density at radius 1 is 0.619 bits per heavy atom. The highest BCUT2D eigenvalue weighted by Gasteiger charge is 2.30. The van der Waals surface area contributed by atoms with Crippen molar-refractivity contribution in [3.63, 3.8) is 0 Å². The first kappa shape index (κ1) is 64.4. The maximum Gasteiger partial charge on any atom is 0.353 e. The Kier molecular flexibility index (Phi) is 39.2. The number of hydrogen-bond acceptors (Lipinski definition) is 17. The second kappa shape index (κ2) is 38.3. The van der Waals surface area contributed by atoms with Gasteiger partial charge in [-0.3, -0.25) is 9.13 Å². The van der Waals surface area contributed by atoms with Crippen LogP contribution in [0.1, 0.15) is 75.2 Å². The van der Waals surface area contributed by atoms with Gasteiger partial charge in [-0.2, -0.15) is 5.26 Å². The molecular formula is C40H77B2N3O14P4. The summed E-state index contributed by atoms with van der Waals surface area (Å²) in [6.45, 7) is 27.9. The van der Waals surface area contributed by atoms with E-state index >= 15 is 0 Å². The number of nitrogens with zero attached hydrogens (tertiary/aromatic N) is 3. The third-order valence-corrected chi connectivity index (χ3v) is 15.0. The summed E-state index contributed by atoms with van der Waals surface area (Å²) in [4.78, 5) is 0. The van der Waals surface area contributed by atoms with Crippen LogP contribution in [0.4, 0.5) is 0 Å². The Bertz CT molecular complexity index is 1350. The monoisotopic (exact) mass is 969 g/mol. The lowest BCUT2D eigenvalue weighted by atomic mass is 10.0. The molecule has 0 saturated carbocycles. The Morgan fingerprint density at radius 3 is 1.38 bits per heavy atom. The molecule has 0 heterocycles. The van der Waals surface area contributed by atoms with Crippen molar-refractivity contribution in [1.82, 2.24) is 9.34 Å². The average Bonchev–Trinajstić information content (AvgIpc) is 3.23. The zero-order chi connectivity index (χ0) is 48.4. The van der Waals surface area contributed by atoms with Crippen molar-refractivity contribution in [2.75, 3.05) is 81.3 Å². The van der Waals surface area contributed by atoms with Crippen LogP contribution in [0.25, 0.3) is 0 Å². The normalized spacial score (nSPS) is 15.6. The first-order chi connectivity index (χ1) is 29.8. The smallest absolute Gasteiger partial charge is 0.353 e. The predicted octanol–water partition coefficient (Wildman–Crippen LogP) is 9.22. The van der Waals surface area contributed by atoms with Gasteiger partial charge in [-0.05, 0) is 74.0 Å². The first-order valence-corrected chi connectivity index (χ1v) is 26.3. The molecule has 63 heavy (non-hydrogen) atoms. The fourth-order valence-corrected chi connectivity index (χ4v) is 9.96. The van der Waals surface area contributed by atoms with E-state index in [4.69, 9.17) is 76.1 Å². The zero-order valence-electron chi connectivity index (χ0n) is 40.1. The Labute approximate surface area is 385 Å². The van der Waals surface area contributed by atoms with Crippen molar-refractivity contribution in [1.29, 1.82) is 5.26 Å². The summed E-state index contributed by atoms with van der Waals surface area (Å²) in [6, 6.07) is 1.36. The zero-order valence-corrected chi connectivity index (χ0v) is 43.6. The van der Waals surface area contributed by atoms with Crippen LogP contribution in [0.2, 0.25) is 0 Å². The van der Waals surface area contributed by atoms with E-state index in [1.807, 2.05) is 27.7 Å². The summed E-state index contributed by atoms with van der Waals surface area (Å²) >= 11 is 0. The van der Waals surface area contributed by atoms with Gasteiger partial charge in [0.15, 0.2) is 0 Å². The molecule has 0 rings (SSSR count). The molecule has 0 aliphatic heterocycles. The molecule has 0 aliphatic carbocycles. The minimum Gasteiger partial charge on any atom is -0.376 e. The number of hydrogen-bond donors (Lipinski definition) is 0. The van der Waals surface area contributed by atoms with E-state index in [-0.39, 0.29) is 63.6 Å². The van der Waals surface area contributed by atoms with Crippen molar-refractivity contribution in [2.45, 2.75) is 124 Å². The minimum absolute atomic E-state index is 0.0628. The minimum atomic E-state index is -3.40. The van der Waals surface area contributed by atoms with Gasteiger partial charge in [0.05, 0.1) is 77.6 Å². The van der Waals surface area contributed by atoms with Gasteiger partial charge in [0.25, 0.3) is 17.1 Å². The van der Waals surface area contributed by atoms with Crippen LogP contribution in [-0.2, 0) is 64.3 Å². The summed E-state index contributed by atoms with van der Waals surface area (Å²) < 4.78 is 95.1. The van der Waals surface area contributed by atoms with E-state index in [1.165, 1.54) is 46.1 Å². The Balaban J connectivity index is 0. The largest absolute Gasteiger partial charge is 0.376 e. The standard InChI is InChI=1S/C20H37BN2O7P2.C20H40BNO7P2/c1-8-12-27-16-20(21)30-19(10-14-32(24,25-6)26-7)15-29-31(28-13-9-11-22)23(17(2)3)18(4)5;1-9-12-26-15-19(11-14-31(23,24-7)25-8)29-20(21)16-28-30(27-13-10-2)22(17(3)4)18(5)6/h8,10,14,17-20H,1,9,12-13,15-16H2,2-7H3;9,11,14,17-20H,1,10,12-13,15-16H2,2-8H3/b14-10+;14-11+. The lowest BCUT2D eigenvalue weighted by molar-refractivity contribution is -0.0147. The van der Waals surface area contributed by atoms with Gasteiger partial charge in [0, 0.05) is 76.2 Å². The molecule has 6 atom stereocenters. The molecule has 0 aromatic rings. The summed E-state index contributed by atoms with van der Waals surface area (Å²) in [5.41, 5.74) is 0. The molecule has 4 radical (unpaired) electrons. The van der Waals surface area contributed by atoms with E-state index in [0.29, 0.717) is 19.8 Å². The molecule has 0 N–H and O–H groups in total. The highest BCUT2D eigenvalue weighted by atomic mass is 31.2. The Morgan fingerprint density at radius 2 is 1.00 bits per heavy atom. The van der Waals surface area contributed by atoms with E-state index < -0.39 is 56.5 Å². The molecular weight excluding hydrogens is 892 g/mol.